The van der Waals surface area contributed by atoms with Crippen LogP contribution in [0.1, 0.15) is 36.2 Å². The molecule has 3 rings (SSSR count). The highest BCUT2D eigenvalue weighted by Gasteiger charge is 2.25. The molecule has 0 saturated carbocycles. The summed E-state index contributed by atoms with van der Waals surface area (Å²) in [7, 11) is 0. The van der Waals surface area contributed by atoms with Crippen molar-refractivity contribution in [3.05, 3.63) is 54.1 Å². The summed E-state index contributed by atoms with van der Waals surface area (Å²) in [6, 6.07) is 9.95. The summed E-state index contributed by atoms with van der Waals surface area (Å²) in [5.74, 6) is 7.80. The fourth-order valence-electron chi connectivity index (χ4n) is 2.68. The second-order valence-corrected chi connectivity index (χ2v) is 4.93. The van der Waals surface area contributed by atoms with Crippen LogP contribution in [0.3, 0.4) is 0 Å². The minimum absolute atomic E-state index is 0.0487. The van der Waals surface area contributed by atoms with Crippen molar-refractivity contribution in [2.75, 3.05) is 6.61 Å². The van der Waals surface area contributed by atoms with E-state index < -0.39 is 0 Å². The summed E-state index contributed by atoms with van der Waals surface area (Å²) in [4.78, 5) is 8.57. The van der Waals surface area contributed by atoms with Gasteiger partial charge in [-0.05, 0) is 36.5 Å². The first-order valence-electron chi connectivity index (χ1n) is 6.83. The van der Waals surface area contributed by atoms with E-state index in [-0.39, 0.29) is 6.04 Å². The number of para-hydroxylation sites is 1. The van der Waals surface area contributed by atoms with E-state index in [1.165, 1.54) is 5.56 Å². The maximum Gasteiger partial charge on any atom is 0.146 e. The van der Waals surface area contributed by atoms with Crippen LogP contribution in [0.15, 0.2) is 42.7 Å². The minimum Gasteiger partial charge on any atom is -0.493 e. The molecule has 0 fully saturated rings. The van der Waals surface area contributed by atoms with E-state index in [9.17, 15) is 0 Å². The van der Waals surface area contributed by atoms with E-state index in [0.29, 0.717) is 5.92 Å². The zero-order chi connectivity index (χ0) is 13.8. The number of ether oxygens (including phenoxy) is 1. The third-order valence-corrected chi connectivity index (χ3v) is 3.70. The number of hydrogen-bond donors (Lipinski definition) is 2. The number of hydrogen-bond acceptors (Lipinski definition) is 5. The molecule has 0 saturated heterocycles. The van der Waals surface area contributed by atoms with Gasteiger partial charge >= 0.3 is 0 Å². The molecule has 0 aliphatic carbocycles. The van der Waals surface area contributed by atoms with Crippen molar-refractivity contribution in [2.24, 2.45) is 5.84 Å². The van der Waals surface area contributed by atoms with Gasteiger partial charge in [-0.1, -0.05) is 18.2 Å². The molecule has 0 bridgehead atoms. The molecule has 2 aromatic rings. The summed E-state index contributed by atoms with van der Waals surface area (Å²) in [5.41, 5.74) is 4.08. The second kappa shape index (κ2) is 5.98. The van der Waals surface area contributed by atoms with Crippen LogP contribution in [0.4, 0.5) is 0 Å². The molecule has 5 heteroatoms. The van der Waals surface area contributed by atoms with E-state index in [0.717, 1.165) is 31.0 Å². The molecule has 1 aromatic carbocycles. The molecule has 20 heavy (non-hydrogen) atoms. The maximum absolute atomic E-state index is 5.69. The molecule has 1 aliphatic heterocycles. The molecule has 3 N–H and O–H groups in total. The molecule has 104 valence electrons. The third kappa shape index (κ3) is 2.64. The van der Waals surface area contributed by atoms with E-state index in [1.54, 1.807) is 18.5 Å². The lowest BCUT2D eigenvalue weighted by Crippen LogP contribution is -2.31. The van der Waals surface area contributed by atoms with Gasteiger partial charge in [0.05, 0.1) is 12.6 Å². The Kier molecular flexibility index (Phi) is 3.90. The summed E-state index contributed by atoms with van der Waals surface area (Å²) >= 11 is 0. The van der Waals surface area contributed by atoms with Crippen LogP contribution in [0.2, 0.25) is 0 Å². The van der Waals surface area contributed by atoms with E-state index in [1.807, 2.05) is 18.2 Å². The first kappa shape index (κ1) is 13.0. The quantitative estimate of drug-likeness (QED) is 0.656. The van der Waals surface area contributed by atoms with Gasteiger partial charge in [0.25, 0.3) is 0 Å². The van der Waals surface area contributed by atoms with Crippen molar-refractivity contribution in [3.63, 3.8) is 0 Å². The average Bonchev–Trinajstić information content (AvgIpc) is 2.53. The highest BCUT2D eigenvalue weighted by Crippen LogP contribution is 2.38. The van der Waals surface area contributed by atoms with Gasteiger partial charge in [-0.15, -0.1) is 0 Å². The van der Waals surface area contributed by atoms with Crippen molar-refractivity contribution < 1.29 is 4.74 Å². The summed E-state index contributed by atoms with van der Waals surface area (Å²) in [5, 5.41) is 0. The molecule has 0 radical (unpaired) electrons. The SMILES string of the molecule is NNC(CC1CCOc2ccccc21)c1ncccn1. The molecule has 0 amide bonds. The number of nitrogens with zero attached hydrogens (tertiary/aromatic N) is 2. The van der Waals surface area contributed by atoms with Crippen molar-refractivity contribution in [1.29, 1.82) is 0 Å². The standard InChI is InChI=1S/C15H18N4O/c16-19-13(15-17-7-3-8-18-15)10-11-6-9-20-14-5-2-1-4-12(11)14/h1-5,7-8,11,13,19H,6,9-10,16H2. The predicted octanol–water partition coefficient (Wildman–Crippen LogP) is 1.94. The lowest BCUT2D eigenvalue weighted by atomic mass is 9.87. The first-order chi connectivity index (χ1) is 9.88. The third-order valence-electron chi connectivity index (χ3n) is 3.70. The zero-order valence-corrected chi connectivity index (χ0v) is 11.2. The number of benzene rings is 1. The topological polar surface area (TPSA) is 73.1 Å². The Bertz CT molecular complexity index is 561. The Morgan fingerprint density at radius 3 is 2.85 bits per heavy atom. The van der Waals surface area contributed by atoms with Crippen LogP contribution < -0.4 is 16.0 Å². The van der Waals surface area contributed by atoms with Gasteiger partial charge in [0, 0.05) is 12.4 Å². The van der Waals surface area contributed by atoms with Crippen LogP contribution in [0.25, 0.3) is 0 Å². The molecular formula is C15H18N4O. The molecule has 1 aliphatic rings. The number of fused-ring (bicyclic) bond motifs is 1. The van der Waals surface area contributed by atoms with Gasteiger partial charge in [0.2, 0.25) is 0 Å². The Morgan fingerprint density at radius 1 is 1.25 bits per heavy atom. The normalized spacial score (nSPS) is 18.9. The van der Waals surface area contributed by atoms with Crippen LogP contribution >= 0.6 is 0 Å². The number of nitrogens with one attached hydrogen (secondary N) is 1. The van der Waals surface area contributed by atoms with Gasteiger partial charge in [0.1, 0.15) is 11.6 Å². The molecule has 0 spiro atoms. The highest BCUT2D eigenvalue weighted by atomic mass is 16.5. The fraction of sp³-hybridized carbons (Fsp3) is 0.333. The molecule has 5 nitrogen and oxygen atoms in total. The maximum atomic E-state index is 5.69. The highest BCUT2D eigenvalue weighted by molar-refractivity contribution is 5.37. The van der Waals surface area contributed by atoms with Gasteiger partial charge in [0.15, 0.2) is 0 Å². The molecule has 2 unspecified atom stereocenters. The Labute approximate surface area is 118 Å². The number of rotatable bonds is 4. The second-order valence-electron chi connectivity index (χ2n) is 4.93. The molecule has 1 aromatic heterocycles. The first-order valence-corrected chi connectivity index (χ1v) is 6.83. The van der Waals surface area contributed by atoms with Crippen molar-refractivity contribution >= 4 is 0 Å². The van der Waals surface area contributed by atoms with Crippen molar-refractivity contribution in [2.45, 2.75) is 24.8 Å². The van der Waals surface area contributed by atoms with Crippen molar-refractivity contribution in [3.8, 4) is 5.75 Å². The average molecular weight is 270 g/mol. The minimum atomic E-state index is -0.0487. The largest absolute Gasteiger partial charge is 0.493 e. The van der Waals surface area contributed by atoms with Crippen LogP contribution in [0.5, 0.6) is 5.75 Å². The van der Waals surface area contributed by atoms with Crippen LogP contribution in [-0.2, 0) is 0 Å². The van der Waals surface area contributed by atoms with Gasteiger partial charge in [-0.3, -0.25) is 5.84 Å². The lowest BCUT2D eigenvalue weighted by molar-refractivity contribution is 0.254. The van der Waals surface area contributed by atoms with E-state index >= 15 is 0 Å². The Morgan fingerprint density at radius 2 is 2.05 bits per heavy atom. The lowest BCUT2D eigenvalue weighted by Gasteiger charge is -2.28. The summed E-state index contributed by atoms with van der Waals surface area (Å²) < 4.78 is 5.69. The summed E-state index contributed by atoms with van der Waals surface area (Å²) in [6.45, 7) is 0.745. The fourth-order valence-corrected chi connectivity index (χ4v) is 2.68. The van der Waals surface area contributed by atoms with Gasteiger partial charge in [-0.2, -0.15) is 0 Å². The van der Waals surface area contributed by atoms with E-state index in [4.69, 9.17) is 10.6 Å². The molecule has 2 atom stereocenters. The van der Waals surface area contributed by atoms with Crippen molar-refractivity contribution in [1.82, 2.24) is 15.4 Å². The molecule has 2 heterocycles. The zero-order valence-electron chi connectivity index (χ0n) is 11.2. The molecular weight excluding hydrogens is 252 g/mol. The number of aromatic nitrogens is 2. The van der Waals surface area contributed by atoms with Crippen LogP contribution in [0, 0.1) is 0 Å². The number of hydrazine groups is 1. The Balaban J connectivity index is 1.81. The van der Waals surface area contributed by atoms with Crippen LogP contribution in [-0.4, -0.2) is 16.6 Å². The smallest absolute Gasteiger partial charge is 0.146 e. The van der Waals surface area contributed by atoms with Gasteiger partial charge in [-0.25, -0.2) is 15.4 Å². The number of nitrogens with two attached hydrogens (primary N) is 1. The monoisotopic (exact) mass is 270 g/mol. The van der Waals surface area contributed by atoms with Gasteiger partial charge < -0.3 is 4.74 Å². The predicted molar refractivity (Wildman–Crippen MR) is 76.0 cm³/mol. The van der Waals surface area contributed by atoms with E-state index in [2.05, 4.69) is 21.5 Å². The summed E-state index contributed by atoms with van der Waals surface area (Å²) in [6.07, 6.45) is 5.33. The Hall–Kier alpha value is -1.98.